The number of aromatic nitrogens is 3. The molecule has 0 aliphatic heterocycles. The minimum absolute atomic E-state index is 0.214. The molecule has 4 N–H and O–H groups in total. The van der Waals surface area contributed by atoms with Crippen molar-refractivity contribution in [3.05, 3.63) is 46.5 Å². The molecule has 7 heteroatoms. The molecule has 0 saturated carbocycles. The Morgan fingerprint density at radius 3 is 2.79 bits per heavy atom. The van der Waals surface area contributed by atoms with Crippen LogP contribution in [0, 0.1) is 0 Å². The summed E-state index contributed by atoms with van der Waals surface area (Å²) in [7, 11) is 0. The van der Waals surface area contributed by atoms with Crippen LogP contribution in [0.1, 0.15) is 34.7 Å². The second kappa shape index (κ2) is 5.38. The van der Waals surface area contributed by atoms with E-state index in [9.17, 15) is 4.79 Å². The molecule has 0 saturated heterocycles. The van der Waals surface area contributed by atoms with E-state index in [2.05, 4.69) is 10.1 Å². The largest absolute Gasteiger partial charge is 0.366 e. The van der Waals surface area contributed by atoms with Crippen LogP contribution in [-0.4, -0.2) is 20.7 Å². The maximum absolute atomic E-state index is 11.0. The highest BCUT2D eigenvalue weighted by atomic mass is 35.5. The molecule has 1 unspecified atom stereocenters. The summed E-state index contributed by atoms with van der Waals surface area (Å²) in [4.78, 5) is 15.1. The van der Waals surface area contributed by atoms with Gasteiger partial charge in [-0.05, 0) is 24.6 Å². The Bertz CT molecular complexity index is 608. The van der Waals surface area contributed by atoms with Gasteiger partial charge in [0.25, 0.3) is 0 Å². The van der Waals surface area contributed by atoms with Gasteiger partial charge in [-0.15, -0.1) is 0 Å². The van der Waals surface area contributed by atoms with Crippen molar-refractivity contribution in [1.82, 2.24) is 14.8 Å². The van der Waals surface area contributed by atoms with E-state index in [1.807, 2.05) is 6.92 Å². The molecular weight excluding hydrogens is 266 g/mol. The second-order valence-electron chi connectivity index (χ2n) is 4.26. The van der Waals surface area contributed by atoms with Gasteiger partial charge in [-0.3, -0.25) is 4.79 Å². The number of nitrogens with zero attached hydrogens (tertiary/aromatic N) is 3. The molecule has 2 rings (SSSR count). The van der Waals surface area contributed by atoms with Gasteiger partial charge in [-0.25, -0.2) is 9.67 Å². The number of amides is 1. The van der Waals surface area contributed by atoms with Gasteiger partial charge in [-0.1, -0.05) is 17.7 Å². The van der Waals surface area contributed by atoms with Crippen LogP contribution >= 0.6 is 11.6 Å². The molecule has 1 aromatic carbocycles. The molecule has 2 aromatic rings. The van der Waals surface area contributed by atoms with Crippen LogP contribution < -0.4 is 11.5 Å². The molecular formula is C12H14ClN5O. The van der Waals surface area contributed by atoms with Gasteiger partial charge in [0.05, 0.1) is 12.6 Å². The number of primary amides is 1. The van der Waals surface area contributed by atoms with Crippen molar-refractivity contribution in [3.63, 3.8) is 0 Å². The van der Waals surface area contributed by atoms with Crippen LogP contribution in [0.3, 0.4) is 0 Å². The number of hydrogen-bond acceptors (Lipinski definition) is 4. The van der Waals surface area contributed by atoms with E-state index < -0.39 is 5.91 Å². The van der Waals surface area contributed by atoms with E-state index in [0.29, 0.717) is 23.0 Å². The fourth-order valence-electron chi connectivity index (χ4n) is 1.60. The van der Waals surface area contributed by atoms with E-state index in [1.54, 1.807) is 29.2 Å². The zero-order valence-electron chi connectivity index (χ0n) is 10.4. The lowest BCUT2D eigenvalue weighted by Gasteiger charge is -2.05. The van der Waals surface area contributed by atoms with E-state index in [-0.39, 0.29) is 6.04 Å². The van der Waals surface area contributed by atoms with Gasteiger partial charge in [0.15, 0.2) is 5.82 Å². The molecule has 1 heterocycles. The summed E-state index contributed by atoms with van der Waals surface area (Å²) < 4.78 is 1.64. The lowest BCUT2D eigenvalue weighted by atomic mass is 10.1. The Morgan fingerprint density at radius 2 is 2.26 bits per heavy atom. The molecule has 0 aliphatic rings. The monoisotopic (exact) mass is 279 g/mol. The fourth-order valence-corrected chi connectivity index (χ4v) is 1.84. The summed E-state index contributed by atoms with van der Waals surface area (Å²) in [6.07, 6.45) is 1.59. The Hall–Kier alpha value is -1.92. The number of rotatable bonds is 4. The third-order valence-corrected chi connectivity index (χ3v) is 2.98. The molecule has 1 amide bonds. The minimum atomic E-state index is -0.506. The van der Waals surface area contributed by atoms with E-state index in [0.717, 1.165) is 5.56 Å². The van der Waals surface area contributed by atoms with Crippen molar-refractivity contribution in [1.29, 1.82) is 0 Å². The number of nitrogens with two attached hydrogens (primary N) is 2. The maximum Gasteiger partial charge on any atom is 0.248 e. The van der Waals surface area contributed by atoms with Crippen LogP contribution in [0.15, 0.2) is 24.5 Å². The first-order chi connectivity index (χ1) is 8.97. The molecule has 19 heavy (non-hydrogen) atoms. The topological polar surface area (TPSA) is 99.8 Å². The Balaban J connectivity index is 2.20. The number of carbonyl (C=O) groups is 1. The van der Waals surface area contributed by atoms with Crippen molar-refractivity contribution in [3.8, 4) is 0 Å². The summed E-state index contributed by atoms with van der Waals surface area (Å²) in [5.41, 5.74) is 12.1. The van der Waals surface area contributed by atoms with Crippen molar-refractivity contribution in [2.45, 2.75) is 19.5 Å². The molecule has 1 atom stereocenters. The lowest BCUT2D eigenvalue weighted by molar-refractivity contribution is 0.100. The zero-order valence-corrected chi connectivity index (χ0v) is 11.1. The smallest absolute Gasteiger partial charge is 0.248 e. The molecule has 0 spiro atoms. The van der Waals surface area contributed by atoms with E-state index in [4.69, 9.17) is 23.1 Å². The van der Waals surface area contributed by atoms with Gasteiger partial charge in [0.1, 0.15) is 6.33 Å². The molecule has 0 aliphatic carbocycles. The average molecular weight is 280 g/mol. The highest BCUT2D eigenvalue weighted by molar-refractivity contribution is 6.31. The minimum Gasteiger partial charge on any atom is -0.366 e. The van der Waals surface area contributed by atoms with Crippen molar-refractivity contribution in [2.75, 3.05) is 0 Å². The summed E-state index contributed by atoms with van der Waals surface area (Å²) in [6.45, 7) is 2.27. The summed E-state index contributed by atoms with van der Waals surface area (Å²) in [6, 6.07) is 4.71. The summed E-state index contributed by atoms with van der Waals surface area (Å²) in [5, 5.41) is 4.70. The molecule has 100 valence electrons. The Morgan fingerprint density at radius 1 is 1.53 bits per heavy atom. The third kappa shape index (κ3) is 3.10. The normalized spacial score (nSPS) is 12.4. The van der Waals surface area contributed by atoms with E-state index in [1.165, 1.54) is 0 Å². The summed E-state index contributed by atoms with van der Waals surface area (Å²) in [5.74, 6) is 0.0679. The van der Waals surface area contributed by atoms with Crippen LogP contribution in [-0.2, 0) is 6.54 Å². The zero-order chi connectivity index (χ0) is 14.0. The Kier molecular flexibility index (Phi) is 3.82. The number of hydrogen-bond donors (Lipinski definition) is 2. The number of halogens is 1. The molecule has 6 nitrogen and oxygen atoms in total. The van der Waals surface area contributed by atoms with Gasteiger partial charge in [0.2, 0.25) is 5.91 Å². The third-order valence-electron chi connectivity index (χ3n) is 2.63. The molecule has 1 aromatic heterocycles. The van der Waals surface area contributed by atoms with Gasteiger partial charge in [0, 0.05) is 10.6 Å². The molecule has 0 radical (unpaired) electrons. The van der Waals surface area contributed by atoms with Crippen molar-refractivity contribution < 1.29 is 4.79 Å². The highest BCUT2D eigenvalue weighted by Crippen LogP contribution is 2.18. The van der Waals surface area contributed by atoms with Gasteiger partial charge < -0.3 is 11.5 Å². The standard InChI is InChI=1S/C12H14ClN5O/c1-7(14)12-16-6-18(17-12)5-9-3-2-8(11(15)19)4-10(9)13/h2-4,6-7H,5,14H2,1H3,(H2,15,19). The van der Waals surface area contributed by atoms with Gasteiger partial charge >= 0.3 is 0 Å². The van der Waals surface area contributed by atoms with Crippen LogP contribution in [0.25, 0.3) is 0 Å². The van der Waals surface area contributed by atoms with E-state index >= 15 is 0 Å². The average Bonchev–Trinajstić information content (AvgIpc) is 2.80. The first kappa shape index (κ1) is 13.5. The quantitative estimate of drug-likeness (QED) is 0.875. The fraction of sp³-hybridized carbons (Fsp3) is 0.250. The lowest BCUT2D eigenvalue weighted by Crippen LogP contribution is -2.11. The Labute approximate surface area is 115 Å². The molecule has 0 bridgehead atoms. The SMILES string of the molecule is CC(N)c1ncn(Cc2ccc(C(N)=O)cc2Cl)n1. The van der Waals surface area contributed by atoms with Crippen molar-refractivity contribution >= 4 is 17.5 Å². The second-order valence-corrected chi connectivity index (χ2v) is 4.67. The highest BCUT2D eigenvalue weighted by Gasteiger charge is 2.09. The van der Waals surface area contributed by atoms with Gasteiger partial charge in [-0.2, -0.15) is 5.10 Å². The van der Waals surface area contributed by atoms with Crippen LogP contribution in [0.2, 0.25) is 5.02 Å². The van der Waals surface area contributed by atoms with Crippen molar-refractivity contribution in [2.24, 2.45) is 11.5 Å². The van der Waals surface area contributed by atoms with Crippen LogP contribution in [0.4, 0.5) is 0 Å². The number of benzene rings is 1. The number of carbonyl (C=O) groups excluding carboxylic acids is 1. The first-order valence-corrected chi connectivity index (χ1v) is 6.08. The molecule has 0 fully saturated rings. The predicted molar refractivity (Wildman–Crippen MR) is 71.7 cm³/mol. The van der Waals surface area contributed by atoms with Crippen LogP contribution in [0.5, 0.6) is 0 Å². The maximum atomic E-state index is 11.0. The first-order valence-electron chi connectivity index (χ1n) is 5.70. The summed E-state index contributed by atoms with van der Waals surface area (Å²) >= 11 is 6.10. The predicted octanol–water partition coefficient (Wildman–Crippen LogP) is 1.10.